The van der Waals surface area contributed by atoms with E-state index in [-0.39, 0.29) is 29.2 Å². The van der Waals surface area contributed by atoms with E-state index in [0.29, 0.717) is 25.3 Å². The first-order valence-corrected chi connectivity index (χ1v) is 11.2. The summed E-state index contributed by atoms with van der Waals surface area (Å²) in [6.45, 7) is 2.55. The molecule has 0 bridgehead atoms. The third-order valence-electron chi connectivity index (χ3n) is 5.37. The lowest BCUT2D eigenvalue weighted by molar-refractivity contribution is -0.125. The van der Waals surface area contributed by atoms with Crippen LogP contribution in [0.5, 0.6) is 0 Å². The van der Waals surface area contributed by atoms with Crippen molar-refractivity contribution in [1.29, 1.82) is 0 Å². The Hall–Kier alpha value is -1.97. The second-order valence-electron chi connectivity index (χ2n) is 7.51. The first-order valence-electron chi connectivity index (χ1n) is 9.78. The Bertz CT molecular complexity index is 804. The van der Waals surface area contributed by atoms with E-state index >= 15 is 0 Å². The monoisotopic (exact) mass is 408 g/mol. The van der Waals surface area contributed by atoms with E-state index in [4.69, 9.17) is 5.73 Å². The predicted molar refractivity (Wildman–Crippen MR) is 106 cm³/mol. The molecule has 28 heavy (non-hydrogen) atoms. The number of carbonyl (C=O) groups is 2. The zero-order valence-electron chi connectivity index (χ0n) is 16.0. The zero-order chi connectivity index (χ0) is 20.1. The van der Waals surface area contributed by atoms with Crippen LogP contribution in [0.1, 0.15) is 32.1 Å². The normalized spacial score (nSPS) is 21.9. The van der Waals surface area contributed by atoms with Gasteiger partial charge in [-0.25, -0.2) is 8.42 Å². The fourth-order valence-corrected chi connectivity index (χ4v) is 5.32. The van der Waals surface area contributed by atoms with Crippen molar-refractivity contribution < 1.29 is 18.0 Å². The van der Waals surface area contributed by atoms with Crippen LogP contribution >= 0.6 is 0 Å². The molecule has 1 atom stereocenters. The number of sulfonamides is 1. The lowest BCUT2D eigenvalue weighted by Gasteiger charge is -2.30. The molecule has 0 saturated carbocycles. The molecule has 0 aliphatic carbocycles. The SMILES string of the molecule is NC(=O)[C@H]1CCCN(CC(=O)Nc2ccc(S(=O)(=O)N3CCCCC3)cc2)C1. The minimum atomic E-state index is -3.48. The van der Waals surface area contributed by atoms with Gasteiger partial charge >= 0.3 is 0 Å². The highest BCUT2D eigenvalue weighted by atomic mass is 32.2. The van der Waals surface area contributed by atoms with Gasteiger partial charge in [0.1, 0.15) is 0 Å². The molecular formula is C19H28N4O4S. The van der Waals surface area contributed by atoms with Crippen molar-refractivity contribution >= 4 is 27.5 Å². The molecule has 9 heteroatoms. The molecule has 1 aromatic rings. The third-order valence-corrected chi connectivity index (χ3v) is 7.28. The van der Waals surface area contributed by atoms with Crippen molar-refractivity contribution in [2.75, 3.05) is 38.0 Å². The molecule has 2 fully saturated rings. The topological polar surface area (TPSA) is 113 Å². The number of carbonyl (C=O) groups excluding carboxylic acids is 2. The second-order valence-corrected chi connectivity index (χ2v) is 9.45. The fourth-order valence-electron chi connectivity index (χ4n) is 3.80. The summed E-state index contributed by atoms with van der Waals surface area (Å²) in [6, 6.07) is 6.28. The molecule has 0 spiro atoms. The summed E-state index contributed by atoms with van der Waals surface area (Å²) in [7, 11) is -3.48. The Morgan fingerprint density at radius 3 is 2.36 bits per heavy atom. The van der Waals surface area contributed by atoms with Crippen molar-refractivity contribution in [3.8, 4) is 0 Å². The summed E-state index contributed by atoms with van der Waals surface area (Å²) in [5.41, 5.74) is 5.92. The Kier molecular flexibility index (Phi) is 6.69. The van der Waals surface area contributed by atoms with Gasteiger partial charge in [-0.05, 0) is 56.5 Å². The smallest absolute Gasteiger partial charge is 0.243 e. The molecule has 3 rings (SSSR count). The molecular weight excluding hydrogens is 380 g/mol. The van der Waals surface area contributed by atoms with Crippen LogP contribution in [0, 0.1) is 5.92 Å². The lowest BCUT2D eigenvalue weighted by atomic mass is 9.97. The molecule has 2 amide bonds. The summed E-state index contributed by atoms with van der Waals surface area (Å²) in [5.74, 6) is -0.729. The number of piperidine rings is 2. The number of primary amides is 1. The second kappa shape index (κ2) is 9.02. The van der Waals surface area contributed by atoms with Gasteiger partial charge in [-0.2, -0.15) is 4.31 Å². The van der Waals surface area contributed by atoms with Crippen LogP contribution in [0.2, 0.25) is 0 Å². The van der Waals surface area contributed by atoms with Gasteiger partial charge < -0.3 is 11.1 Å². The van der Waals surface area contributed by atoms with E-state index in [0.717, 1.165) is 38.6 Å². The zero-order valence-corrected chi connectivity index (χ0v) is 16.8. The molecule has 0 radical (unpaired) electrons. The summed E-state index contributed by atoms with van der Waals surface area (Å²) in [4.78, 5) is 25.8. The number of hydrogen-bond acceptors (Lipinski definition) is 5. The largest absolute Gasteiger partial charge is 0.369 e. The molecule has 2 heterocycles. The number of nitrogens with zero attached hydrogens (tertiary/aromatic N) is 2. The third kappa shape index (κ3) is 5.09. The maximum absolute atomic E-state index is 12.7. The number of nitrogens with one attached hydrogen (secondary N) is 1. The van der Waals surface area contributed by atoms with Gasteiger partial charge in [-0.1, -0.05) is 6.42 Å². The quantitative estimate of drug-likeness (QED) is 0.729. The average molecular weight is 409 g/mol. The van der Waals surface area contributed by atoms with E-state index in [1.807, 2.05) is 4.90 Å². The number of nitrogens with two attached hydrogens (primary N) is 1. The Labute approximate surface area is 166 Å². The van der Waals surface area contributed by atoms with Crippen LogP contribution in [0.25, 0.3) is 0 Å². The Morgan fingerprint density at radius 2 is 1.71 bits per heavy atom. The molecule has 8 nitrogen and oxygen atoms in total. The summed E-state index contributed by atoms with van der Waals surface area (Å²) >= 11 is 0. The van der Waals surface area contributed by atoms with Crippen LogP contribution in [-0.2, 0) is 19.6 Å². The summed E-state index contributed by atoms with van der Waals surface area (Å²) < 4.78 is 26.9. The van der Waals surface area contributed by atoms with Crippen LogP contribution in [0.15, 0.2) is 29.2 Å². The van der Waals surface area contributed by atoms with Gasteiger partial charge in [0.05, 0.1) is 17.4 Å². The highest BCUT2D eigenvalue weighted by Crippen LogP contribution is 2.22. The van der Waals surface area contributed by atoms with Gasteiger partial charge in [0, 0.05) is 25.3 Å². The van der Waals surface area contributed by atoms with E-state index in [9.17, 15) is 18.0 Å². The highest BCUT2D eigenvalue weighted by molar-refractivity contribution is 7.89. The van der Waals surface area contributed by atoms with Crippen molar-refractivity contribution in [2.45, 2.75) is 37.0 Å². The molecule has 2 saturated heterocycles. The maximum atomic E-state index is 12.7. The number of rotatable bonds is 6. The highest BCUT2D eigenvalue weighted by Gasteiger charge is 2.26. The summed E-state index contributed by atoms with van der Waals surface area (Å²) in [5, 5.41) is 2.79. The first kappa shape index (κ1) is 20.8. The van der Waals surface area contributed by atoms with Crippen LogP contribution in [0.3, 0.4) is 0 Å². The van der Waals surface area contributed by atoms with Crippen LogP contribution < -0.4 is 11.1 Å². The number of anilines is 1. The van der Waals surface area contributed by atoms with Crippen molar-refractivity contribution in [1.82, 2.24) is 9.21 Å². The van der Waals surface area contributed by atoms with E-state index in [1.165, 1.54) is 16.4 Å². The van der Waals surface area contributed by atoms with Crippen LogP contribution in [0.4, 0.5) is 5.69 Å². The van der Waals surface area contributed by atoms with Gasteiger partial charge in [0.15, 0.2) is 0 Å². The van der Waals surface area contributed by atoms with Crippen LogP contribution in [-0.4, -0.2) is 62.2 Å². The van der Waals surface area contributed by atoms with Gasteiger partial charge in [0.2, 0.25) is 21.8 Å². The maximum Gasteiger partial charge on any atom is 0.243 e. The molecule has 3 N–H and O–H groups in total. The number of benzene rings is 1. The number of likely N-dealkylation sites (tertiary alicyclic amines) is 1. The molecule has 2 aliphatic heterocycles. The van der Waals surface area contributed by atoms with Crippen molar-refractivity contribution in [3.63, 3.8) is 0 Å². The van der Waals surface area contributed by atoms with Crippen molar-refractivity contribution in [3.05, 3.63) is 24.3 Å². The van der Waals surface area contributed by atoms with E-state index in [2.05, 4.69) is 5.32 Å². The molecule has 2 aliphatic rings. The van der Waals surface area contributed by atoms with E-state index < -0.39 is 10.0 Å². The molecule has 0 aromatic heterocycles. The van der Waals surface area contributed by atoms with Gasteiger partial charge in [-0.3, -0.25) is 14.5 Å². The first-order chi connectivity index (χ1) is 13.4. The Balaban J connectivity index is 1.56. The fraction of sp³-hybridized carbons (Fsp3) is 0.579. The standard InChI is InChI=1S/C19H28N4O4S/c20-19(25)15-5-4-10-22(13-15)14-18(24)21-16-6-8-17(9-7-16)28(26,27)23-11-2-1-3-12-23/h6-9,15H,1-5,10-14H2,(H2,20,25)(H,21,24)/t15-/m0/s1. The van der Waals surface area contributed by atoms with Crippen molar-refractivity contribution in [2.24, 2.45) is 11.7 Å². The van der Waals surface area contributed by atoms with Gasteiger partial charge in [0.25, 0.3) is 0 Å². The molecule has 1 aromatic carbocycles. The molecule has 0 unspecified atom stereocenters. The summed E-state index contributed by atoms with van der Waals surface area (Å²) in [6.07, 6.45) is 4.44. The number of hydrogen-bond donors (Lipinski definition) is 2. The minimum absolute atomic E-state index is 0.178. The number of amides is 2. The average Bonchev–Trinajstić information content (AvgIpc) is 2.69. The lowest BCUT2D eigenvalue weighted by Crippen LogP contribution is -2.44. The van der Waals surface area contributed by atoms with E-state index in [1.54, 1.807) is 12.1 Å². The predicted octanol–water partition coefficient (Wildman–Crippen LogP) is 0.997. The minimum Gasteiger partial charge on any atom is -0.369 e. The molecule has 154 valence electrons. The van der Waals surface area contributed by atoms with Gasteiger partial charge in [-0.15, -0.1) is 0 Å². The Morgan fingerprint density at radius 1 is 1.04 bits per heavy atom.